The van der Waals surface area contributed by atoms with Gasteiger partial charge in [0.05, 0.1) is 21.3 Å². The van der Waals surface area contributed by atoms with Crippen molar-refractivity contribution in [1.82, 2.24) is 5.32 Å². The van der Waals surface area contributed by atoms with Gasteiger partial charge in [-0.05, 0) is 31.7 Å². The number of hydrogen-bond acceptors (Lipinski definition) is 4. The fourth-order valence-electron chi connectivity index (χ4n) is 2.34. The van der Waals surface area contributed by atoms with E-state index in [1.807, 2.05) is 12.1 Å². The number of ether oxygens (including phenoxy) is 3. The van der Waals surface area contributed by atoms with Gasteiger partial charge in [-0.25, -0.2) is 0 Å². The Balaban J connectivity index is 2.14. The molecular formula is C15H23NO3. The Morgan fingerprint density at radius 1 is 1.11 bits per heavy atom. The normalized spacial score (nSPS) is 16.0. The second-order valence-electron chi connectivity index (χ2n) is 5.00. The fourth-order valence-corrected chi connectivity index (χ4v) is 2.34. The van der Waals surface area contributed by atoms with Crippen molar-refractivity contribution >= 4 is 0 Å². The molecule has 0 heterocycles. The van der Waals surface area contributed by atoms with Crippen molar-refractivity contribution in [1.29, 1.82) is 0 Å². The van der Waals surface area contributed by atoms with E-state index in [9.17, 15) is 0 Å². The van der Waals surface area contributed by atoms with Gasteiger partial charge in [-0.2, -0.15) is 0 Å². The smallest absolute Gasteiger partial charge is 0.203 e. The van der Waals surface area contributed by atoms with Crippen molar-refractivity contribution in [3.8, 4) is 17.2 Å². The van der Waals surface area contributed by atoms with Crippen LogP contribution in [0.1, 0.15) is 25.3 Å². The molecule has 106 valence electrons. The molecule has 1 aliphatic rings. The SMILES string of the molecule is COc1ccc(CNC(C)C2CC2)c(OC)c1OC. The Hall–Kier alpha value is -1.42. The highest BCUT2D eigenvalue weighted by molar-refractivity contribution is 5.55. The third kappa shape index (κ3) is 3.13. The molecule has 19 heavy (non-hydrogen) atoms. The average Bonchev–Trinajstić information content (AvgIpc) is 3.27. The monoisotopic (exact) mass is 265 g/mol. The van der Waals surface area contributed by atoms with Crippen LogP contribution in [0.3, 0.4) is 0 Å². The lowest BCUT2D eigenvalue weighted by molar-refractivity contribution is 0.321. The van der Waals surface area contributed by atoms with E-state index in [2.05, 4.69) is 12.2 Å². The molecule has 1 N–H and O–H groups in total. The summed E-state index contributed by atoms with van der Waals surface area (Å²) in [6.45, 7) is 3.02. The van der Waals surface area contributed by atoms with Gasteiger partial charge < -0.3 is 19.5 Å². The molecule has 1 aromatic rings. The Kier molecular flexibility index (Phi) is 4.53. The van der Waals surface area contributed by atoms with Crippen LogP contribution in [0.15, 0.2) is 12.1 Å². The first-order valence-corrected chi connectivity index (χ1v) is 6.72. The molecule has 1 aromatic carbocycles. The predicted octanol–water partition coefficient (Wildman–Crippen LogP) is 2.60. The zero-order chi connectivity index (χ0) is 13.8. The van der Waals surface area contributed by atoms with Crippen LogP contribution in [0.2, 0.25) is 0 Å². The van der Waals surface area contributed by atoms with E-state index in [1.54, 1.807) is 21.3 Å². The summed E-state index contributed by atoms with van der Waals surface area (Å²) >= 11 is 0. The van der Waals surface area contributed by atoms with Crippen molar-refractivity contribution in [2.75, 3.05) is 21.3 Å². The highest BCUT2D eigenvalue weighted by Gasteiger charge is 2.27. The number of nitrogens with one attached hydrogen (secondary N) is 1. The molecule has 1 fully saturated rings. The van der Waals surface area contributed by atoms with E-state index in [-0.39, 0.29) is 0 Å². The maximum absolute atomic E-state index is 5.47. The second-order valence-corrected chi connectivity index (χ2v) is 5.00. The quantitative estimate of drug-likeness (QED) is 0.822. The third-order valence-electron chi connectivity index (χ3n) is 3.73. The van der Waals surface area contributed by atoms with Gasteiger partial charge in [0.1, 0.15) is 0 Å². The van der Waals surface area contributed by atoms with Gasteiger partial charge in [0.25, 0.3) is 0 Å². The first-order chi connectivity index (χ1) is 9.21. The van der Waals surface area contributed by atoms with E-state index >= 15 is 0 Å². The van der Waals surface area contributed by atoms with Gasteiger partial charge in [-0.15, -0.1) is 0 Å². The Morgan fingerprint density at radius 3 is 2.32 bits per heavy atom. The van der Waals surface area contributed by atoms with Gasteiger partial charge in [-0.1, -0.05) is 6.07 Å². The van der Waals surface area contributed by atoms with Crippen LogP contribution < -0.4 is 19.5 Å². The number of hydrogen-bond donors (Lipinski definition) is 1. The highest BCUT2D eigenvalue weighted by atomic mass is 16.5. The minimum Gasteiger partial charge on any atom is -0.493 e. The van der Waals surface area contributed by atoms with Crippen molar-refractivity contribution in [2.24, 2.45) is 5.92 Å². The average molecular weight is 265 g/mol. The lowest BCUT2D eigenvalue weighted by Gasteiger charge is -2.18. The van der Waals surface area contributed by atoms with Crippen LogP contribution in [0.5, 0.6) is 17.2 Å². The molecule has 1 saturated carbocycles. The molecule has 0 aromatic heterocycles. The summed E-state index contributed by atoms with van der Waals surface area (Å²) in [5.74, 6) is 2.94. The molecule has 4 heteroatoms. The molecule has 0 amide bonds. The van der Waals surface area contributed by atoms with Crippen molar-refractivity contribution < 1.29 is 14.2 Å². The Labute approximate surface area is 115 Å². The van der Waals surface area contributed by atoms with Crippen molar-refractivity contribution in [2.45, 2.75) is 32.4 Å². The van der Waals surface area contributed by atoms with Crippen LogP contribution in [0.4, 0.5) is 0 Å². The lowest BCUT2D eigenvalue weighted by Crippen LogP contribution is -2.27. The van der Waals surface area contributed by atoms with E-state index in [0.29, 0.717) is 17.5 Å². The van der Waals surface area contributed by atoms with E-state index < -0.39 is 0 Å². The van der Waals surface area contributed by atoms with Crippen molar-refractivity contribution in [3.05, 3.63) is 17.7 Å². The summed E-state index contributed by atoms with van der Waals surface area (Å²) in [5.41, 5.74) is 1.09. The zero-order valence-corrected chi connectivity index (χ0v) is 12.2. The number of rotatable bonds is 7. The van der Waals surface area contributed by atoms with Gasteiger partial charge in [-0.3, -0.25) is 0 Å². The molecule has 2 rings (SSSR count). The fraction of sp³-hybridized carbons (Fsp3) is 0.600. The summed E-state index contributed by atoms with van der Waals surface area (Å²) in [6.07, 6.45) is 2.69. The molecule has 0 spiro atoms. The highest BCUT2D eigenvalue weighted by Crippen LogP contribution is 2.40. The van der Waals surface area contributed by atoms with Gasteiger partial charge in [0.2, 0.25) is 5.75 Å². The number of methoxy groups -OCH3 is 3. The topological polar surface area (TPSA) is 39.7 Å². The van der Waals surface area contributed by atoms with Crippen LogP contribution in [0.25, 0.3) is 0 Å². The molecule has 4 nitrogen and oxygen atoms in total. The molecule has 1 atom stereocenters. The standard InChI is InChI=1S/C15H23NO3/c1-10(11-5-6-11)16-9-12-7-8-13(17-2)15(19-4)14(12)18-3/h7-8,10-11,16H,5-6,9H2,1-4H3. The minimum atomic E-state index is 0.554. The number of benzene rings is 1. The lowest BCUT2D eigenvalue weighted by atomic mass is 10.1. The van der Waals surface area contributed by atoms with Crippen LogP contribution in [0, 0.1) is 5.92 Å². The predicted molar refractivity (Wildman–Crippen MR) is 75.1 cm³/mol. The van der Waals surface area contributed by atoms with Crippen molar-refractivity contribution in [3.63, 3.8) is 0 Å². The molecule has 0 aliphatic heterocycles. The summed E-state index contributed by atoms with van der Waals surface area (Å²) in [4.78, 5) is 0. The Morgan fingerprint density at radius 2 is 1.79 bits per heavy atom. The summed E-state index contributed by atoms with van der Waals surface area (Å²) in [6, 6.07) is 4.49. The van der Waals surface area contributed by atoms with E-state index in [4.69, 9.17) is 14.2 Å². The first-order valence-electron chi connectivity index (χ1n) is 6.72. The Bertz CT molecular complexity index is 430. The maximum atomic E-state index is 5.47. The molecule has 1 unspecified atom stereocenters. The second kappa shape index (κ2) is 6.15. The van der Waals surface area contributed by atoms with Crippen LogP contribution >= 0.6 is 0 Å². The molecular weight excluding hydrogens is 242 g/mol. The first kappa shape index (κ1) is 14.0. The van der Waals surface area contributed by atoms with Crippen LogP contribution in [-0.4, -0.2) is 27.4 Å². The van der Waals surface area contributed by atoms with Gasteiger partial charge >= 0.3 is 0 Å². The van der Waals surface area contributed by atoms with E-state index in [0.717, 1.165) is 23.8 Å². The third-order valence-corrected chi connectivity index (χ3v) is 3.73. The molecule has 0 saturated heterocycles. The summed E-state index contributed by atoms with van der Waals surface area (Å²) in [5, 5.41) is 3.55. The molecule has 1 aliphatic carbocycles. The molecule has 0 bridgehead atoms. The van der Waals surface area contributed by atoms with E-state index in [1.165, 1.54) is 12.8 Å². The largest absolute Gasteiger partial charge is 0.493 e. The molecule has 0 radical (unpaired) electrons. The van der Waals surface area contributed by atoms with Gasteiger partial charge in [0.15, 0.2) is 11.5 Å². The maximum Gasteiger partial charge on any atom is 0.203 e. The minimum absolute atomic E-state index is 0.554. The van der Waals surface area contributed by atoms with Gasteiger partial charge in [0, 0.05) is 18.2 Å². The van der Waals surface area contributed by atoms with Crippen LogP contribution in [-0.2, 0) is 6.54 Å². The summed E-state index contributed by atoms with van der Waals surface area (Å²) < 4.78 is 16.1. The zero-order valence-electron chi connectivity index (χ0n) is 12.2. The summed E-state index contributed by atoms with van der Waals surface area (Å²) in [7, 11) is 4.92.